The predicted octanol–water partition coefficient (Wildman–Crippen LogP) is 2.64. The summed E-state index contributed by atoms with van der Waals surface area (Å²) in [5.41, 5.74) is 0. The average Bonchev–Trinajstić information content (AvgIpc) is 2.98. The van der Waals surface area contributed by atoms with Crippen molar-refractivity contribution in [2.75, 3.05) is 13.1 Å². The minimum Gasteiger partial charge on any atom is -0.314 e. The van der Waals surface area contributed by atoms with E-state index in [1.165, 1.54) is 38.6 Å². The first-order valence-corrected chi connectivity index (χ1v) is 7.25. The molecule has 1 saturated carbocycles. The molecule has 1 aliphatic heterocycles. The number of nitrogens with one attached hydrogen (secondary N) is 1. The van der Waals surface area contributed by atoms with E-state index in [0.29, 0.717) is 0 Å². The minimum absolute atomic E-state index is 0.777. The van der Waals surface area contributed by atoms with E-state index in [0.717, 1.165) is 30.6 Å². The van der Waals surface area contributed by atoms with Crippen molar-refractivity contribution in [3.63, 3.8) is 0 Å². The Morgan fingerprint density at radius 3 is 2.69 bits per heavy atom. The number of rotatable bonds is 5. The van der Waals surface area contributed by atoms with Crippen molar-refractivity contribution < 1.29 is 0 Å². The van der Waals surface area contributed by atoms with Crippen LogP contribution in [0.15, 0.2) is 0 Å². The van der Waals surface area contributed by atoms with Gasteiger partial charge in [0.05, 0.1) is 0 Å². The van der Waals surface area contributed by atoms with Crippen molar-refractivity contribution in [2.45, 2.75) is 71.0 Å². The van der Waals surface area contributed by atoms with E-state index >= 15 is 0 Å². The first kappa shape index (κ1) is 12.4. The van der Waals surface area contributed by atoms with Gasteiger partial charge in [0.25, 0.3) is 0 Å². The Balaban J connectivity index is 1.77. The van der Waals surface area contributed by atoms with Crippen molar-refractivity contribution in [3.05, 3.63) is 0 Å². The number of hydrogen-bond donors (Lipinski definition) is 1. The van der Waals surface area contributed by atoms with Crippen molar-refractivity contribution in [3.8, 4) is 0 Å². The van der Waals surface area contributed by atoms with Gasteiger partial charge in [0.2, 0.25) is 0 Å². The molecule has 1 saturated heterocycles. The Morgan fingerprint density at radius 2 is 2.06 bits per heavy atom. The van der Waals surface area contributed by atoms with E-state index in [4.69, 9.17) is 0 Å². The fourth-order valence-electron chi connectivity index (χ4n) is 3.48. The lowest BCUT2D eigenvalue weighted by atomic mass is 9.97. The first-order chi connectivity index (χ1) is 7.76. The van der Waals surface area contributed by atoms with Gasteiger partial charge >= 0.3 is 0 Å². The van der Waals surface area contributed by atoms with Gasteiger partial charge in [0.1, 0.15) is 0 Å². The molecule has 0 spiro atoms. The van der Waals surface area contributed by atoms with E-state index in [1.807, 2.05) is 0 Å². The van der Waals surface area contributed by atoms with Gasteiger partial charge in [0, 0.05) is 24.7 Å². The second-order valence-corrected chi connectivity index (χ2v) is 5.72. The zero-order valence-corrected chi connectivity index (χ0v) is 11.2. The maximum absolute atomic E-state index is 3.60. The zero-order chi connectivity index (χ0) is 11.5. The van der Waals surface area contributed by atoms with Crippen LogP contribution in [0.3, 0.4) is 0 Å². The molecule has 1 N–H and O–H groups in total. The second kappa shape index (κ2) is 5.50. The maximum Gasteiger partial charge on any atom is 0.0130 e. The molecule has 0 bridgehead atoms. The summed E-state index contributed by atoms with van der Waals surface area (Å²) in [4.78, 5) is 2.79. The molecule has 2 heteroatoms. The van der Waals surface area contributed by atoms with E-state index < -0.39 is 0 Å². The monoisotopic (exact) mass is 224 g/mol. The van der Waals surface area contributed by atoms with Gasteiger partial charge in [-0.1, -0.05) is 20.3 Å². The highest BCUT2D eigenvalue weighted by Gasteiger charge is 2.43. The van der Waals surface area contributed by atoms with Crippen molar-refractivity contribution in [1.29, 1.82) is 0 Å². The van der Waals surface area contributed by atoms with Crippen LogP contribution in [0.1, 0.15) is 52.9 Å². The number of piperidine rings is 1. The molecular weight excluding hydrogens is 196 g/mol. The standard InChI is InChI=1S/C14H28N2/c1-4-6-12-10-14(12)16-8-7-13(15-5-2)9-11(16)3/h11-15H,4-10H2,1-3H3. The first-order valence-electron chi connectivity index (χ1n) is 7.25. The van der Waals surface area contributed by atoms with Gasteiger partial charge in [-0.05, 0) is 45.1 Å². The van der Waals surface area contributed by atoms with Gasteiger partial charge in [-0.3, -0.25) is 4.90 Å². The summed E-state index contributed by atoms with van der Waals surface area (Å²) < 4.78 is 0. The van der Waals surface area contributed by atoms with E-state index in [-0.39, 0.29) is 0 Å². The quantitative estimate of drug-likeness (QED) is 0.772. The van der Waals surface area contributed by atoms with Gasteiger partial charge in [-0.25, -0.2) is 0 Å². The molecule has 0 aromatic carbocycles. The van der Waals surface area contributed by atoms with Crippen LogP contribution in [0.2, 0.25) is 0 Å². The molecule has 0 amide bonds. The van der Waals surface area contributed by atoms with Gasteiger partial charge in [0.15, 0.2) is 0 Å². The third kappa shape index (κ3) is 2.78. The molecule has 0 radical (unpaired) electrons. The Kier molecular flexibility index (Phi) is 4.26. The lowest BCUT2D eigenvalue weighted by molar-refractivity contribution is 0.121. The fourth-order valence-corrected chi connectivity index (χ4v) is 3.48. The Bertz CT molecular complexity index is 217. The topological polar surface area (TPSA) is 15.3 Å². The Morgan fingerprint density at radius 1 is 1.25 bits per heavy atom. The van der Waals surface area contributed by atoms with Gasteiger partial charge in [-0.2, -0.15) is 0 Å². The van der Waals surface area contributed by atoms with Crippen LogP contribution in [0, 0.1) is 5.92 Å². The van der Waals surface area contributed by atoms with Crippen LogP contribution in [-0.4, -0.2) is 36.1 Å². The van der Waals surface area contributed by atoms with Crippen molar-refractivity contribution in [1.82, 2.24) is 10.2 Å². The lowest BCUT2D eigenvalue weighted by Gasteiger charge is -2.38. The summed E-state index contributed by atoms with van der Waals surface area (Å²) in [5, 5.41) is 3.60. The molecule has 4 unspecified atom stereocenters. The predicted molar refractivity (Wildman–Crippen MR) is 69.7 cm³/mol. The summed E-state index contributed by atoms with van der Waals surface area (Å²) in [7, 11) is 0. The van der Waals surface area contributed by atoms with E-state index in [1.54, 1.807) is 0 Å². The molecule has 1 heterocycles. The Hall–Kier alpha value is -0.0800. The second-order valence-electron chi connectivity index (χ2n) is 5.72. The largest absolute Gasteiger partial charge is 0.314 e. The highest BCUT2D eigenvalue weighted by Crippen LogP contribution is 2.41. The van der Waals surface area contributed by atoms with Gasteiger partial charge in [-0.15, -0.1) is 0 Å². The molecular formula is C14H28N2. The molecule has 0 aromatic heterocycles. The van der Waals surface area contributed by atoms with Crippen LogP contribution >= 0.6 is 0 Å². The summed E-state index contributed by atoms with van der Waals surface area (Å²) in [5.74, 6) is 1.03. The van der Waals surface area contributed by atoms with Crippen LogP contribution in [0.5, 0.6) is 0 Å². The van der Waals surface area contributed by atoms with Gasteiger partial charge < -0.3 is 5.32 Å². The molecule has 0 aromatic rings. The third-order valence-electron chi connectivity index (χ3n) is 4.39. The molecule has 1 aliphatic carbocycles. The lowest BCUT2D eigenvalue weighted by Crippen LogP contribution is -2.48. The molecule has 2 nitrogen and oxygen atoms in total. The molecule has 2 fully saturated rings. The van der Waals surface area contributed by atoms with Crippen molar-refractivity contribution in [2.24, 2.45) is 5.92 Å². The fraction of sp³-hybridized carbons (Fsp3) is 1.00. The number of likely N-dealkylation sites (tertiary alicyclic amines) is 1. The molecule has 2 rings (SSSR count). The molecule has 94 valence electrons. The van der Waals surface area contributed by atoms with Crippen molar-refractivity contribution >= 4 is 0 Å². The highest BCUT2D eigenvalue weighted by atomic mass is 15.2. The smallest absolute Gasteiger partial charge is 0.0130 e. The Labute approximate surface area is 101 Å². The maximum atomic E-state index is 3.60. The summed E-state index contributed by atoms with van der Waals surface area (Å²) in [6.45, 7) is 9.40. The highest BCUT2D eigenvalue weighted by molar-refractivity contribution is 4.98. The number of hydrogen-bond acceptors (Lipinski definition) is 2. The van der Waals surface area contributed by atoms with Crippen LogP contribution in [0.4, 0.5) is 0 Å². The van der Waals surface area contributed by atoms with Crippen LogP contribution < -0.4 is 5.32 Å². The van der Waals surface area contributed by atoms with Crippen LogP contribution in [-0.2, 0) is 0 Å². The average molecular weight is 224 g/mol. The van der Waals surface area contributed by atoms with E-state index in [2.05, 4.69) is 31.0 Å². The molecule has 2 aliphatic rings. The normalized spacial score (nSPS) is 39.9. The summed E-state index contributed by atoms with van der Waals surface area (Å²) in [6.07, 6.45) is 6.99. The SMILES string of the molecule is CCCC1CC1N1CCC(NCC)CC1C. The molecule has 4 atom stereocenters. The van der Waals surface area contributed by atoms with E-state index in [9.17, 15) is 0 Å². The third-order valence-corrected chi connectivity index (χ3v) is 4.39. The minimum atomic E-state index is 0.777. The molecule has 16 heavy (non-hydrogen) atoms. The van der Waals surface area contributed by atoms with Crippen LogP contribution in [0.25, 0.3) is 0 Å². The zero-order valence-electron chi connectivity index (χ0n) is 11.2. The summed E-state index contributed by atoms with van der Waals surface area (Å²) >= 11 is 0. The summed E-state index contributed by atoms with van der Waals surface area (Å²) in [6, 6.07) is 2.52. The number of nitrogens with zero attached hydrogens (tertiary/aromatic N) is 1.